The summed E-state index contributed by atoms with van der Waals surface area (Å²) < 4.78 is 2.20. The molecule has 0 N–H and O–H groups in total. The molecule has 0 aliphatic carbocycles. The normalized spacial score (nSPS) is 12.4. The molecule has 0 amide bonds. The number of rotatable bonds is 4. The highest BCUT2D eigenvalue weighted by molar-refractivity contribution is 6.03. The number of hydrogen-bond donors (Lipinski definition) is 0. The molecule has 0 unspecified atom stereocenters. The number of pyridine rings is 1. The summed E-state index contributed by atoms with van der Waals surface area (Å²) in [5.74, 6) is 1.30. The number of para-hydroxylation sites is 1. The van der Waals surface area contributed by atoms with Crippen molar-refractivity contribution < 1.29 is 0 Å². The molecular formula is C21H23N3O. The predicted molar refractivity (Wildman–Crippen MR) is 104 cm³/mol. The molecular weight excluding hydrogens is 310 g/mol. The van der Waals surface area contributed by atoms with E-state index in [0.29, 0.717) is 0 Å². The van der Waals surface area contributed by atoms with Crippen LogP contribution in [-0.4, -0.2) is 34.9 Å². The summed E-state index contributed by atoms with van der Waals surface area (Å²) in [5, 5.41) is 1.60. The third-order valence-electron chi connectivity index (χ3n) is 4.89. The fourth-order valence-electron chi connectivity index (χ4n) is 3.66. The summed E-state index contributed by atoms with van der Waals surface area (Å²) in [4.78, 5) is 20.3. The van der Waals surface area contributed by atoms with Gasteiger partial charge in [-0.25, -0.2) is 4.98 Å². The quantitative estimate of drug-likeness (QED) is 0.535. The fourth-order valence-corrected chi connectivity index (χ4v) is 3.66. The Kier molecular flexibility index (Phi) is 3.73. The number of likely N-dealkylation sites (N-methyl/N-ethyl adjacent to an activating group) is 1. The van der Waals surface area contributed by atoms with E-state index in [1.807, 2.05) is 24.3 Å². The Morgan fingerprint density at radius 2 is 1.88 bits per heavy atom. The average molecular weight is 333 g/mol. The topological polar surface area (TPSA) is 37.6 Å². The molecule has 4 rings (SSSR count). The number of imidazole rings is 1. The van der Waals surface area contributed by atoms with Crippen LogP contribution < -0.4 is 5.43 Å². The maximum absolute atomic E-state index is 13.3. The van der Waals surface area contributed by atoms with Crippen molar-refractivity contribution in [3.05, 3.63) is 58.0 Å². The standard InChI is InChI=1S/C21H23N3O/c1-13(2)21-22-16-10-9-14(11-12-23(3)4)18-19(16)24(21)17-8-6-5-7-15(17)20(18)25/h5-10,13H,11-12H2,1-4H3. The lowest BCUT2D eigenvalue weighted by molar-refractivity contribution is 0.414. The smallest absolute Gasteiger partial charge is 0.197 e. The lowest BCUT2D eigenvalue weighted by atomic mass is 10.0. The average Bonchev–Trinajstić information content (AvgIpc) is 2.98. The second-order valence-electron chi connectivity index (χ2n) is 7.33. The molecule has 0 spiro atoms. The molecule has 0 aliphatic rings. The Labute approximate surface area is 147 Å². The van der Waals surface area contributed by atoms with E-state index in [0.717, 1.165) is 51.7 Å². The molecule has 2 aromatic heterocycles. The second kappa shape index (κ2) is 5.81. The largest absolute Gasteiger partial charge is 0.309 e. The third-order valence-corrected chi connectivity index (χ3v) is 4.89. The lowest BCUT2D eigenvalue weighted by Crippen LogP contribution is -2.17. The van der Waals surface area contributed by atoms with Crippen molar-refractivity contribution in [1.82, 2.24) is 14.3 Å². The molecule has 0 saturated heterocycles. The monoisotopic (exact) mass is 333 g/mol. The number of fused-ring (bicyclic) bond motifs is 2. The van der Waals surface area contributed by atoms with E-state index >= 15 is 0 Å². The molecule has 4 nitrogen and oxygen atoms in total. The molecule has 128 valence electrons. The molecule has 25 heavy (non-hydrogen) atoms. The van der Waals surface area contributed by atoms with Crippen LogP contribution in [0.2, 0.25) is 0 Å². The molecule has 4 aromatic rings. The minimum atomic E-state index is 0.123. The van der Waals surface area contributed by atoms with Crippen molar-refractivity contribution >= 4 is 27.3 Å². The van der Waals surface area contributed by atoms with Crippen molar-refractivity contribution in [1.29, 1.82) is 0 Å². The Morgan fingerprint density at radius 3 is 2.60 bits per heavy atom. The first-order valence-corrected chi connectivity index (χ1v) is 8.82. The zero-order valence-electron chi connectivity index (χ0n) is 15.2. The summed E-state index contributed by atoms with van der Waals surface area (Å²) >= 11 is 0. The molecule has 4 heteroatoms. The molecule has 2 aromatic carbocycles. The van der Waals surface area contributed by atoms with Crippen LogP contribution in [0, 0.1) is 0 Å². The summed E-state index contributed by atoms with van der Waals surface area (Å²) in [6.45, 7) is 5.21. The summed E-state index contributed by atoms with van der Waals surface area (Å²) in [7, 11) is 4.12. The Bertz CT molecular complexity index is 1120. The zero-order valence-corrected chi connectivity index (χ0v) is 15.2. The van der Waals surface area contributed by atoms with Gasteiger partial charge in [-0.2, -0.15) is 0 Å². The maximum Gasteiger partial charge on any atom is 0.197 e. The van der Waals surface area contributed by atoms with Gasteiger partial charge in [-0.05, 0) is 44.3 Å². The number of hydrogen-bond acceptors (Lipinski definition) is 3. The van der Waals surface area contributed by atoms with Gasteiger partial charge in [0.05, 0.1) is 21.9 Å². The van der Waals surface area contributed by atoms with Crippen LogP contribution in [0.1, 0.15) is 31.2 Å². The highest BCUT2D eigenvalue weighted by Gasteiger charge is 2.20. The Morgan fingerprint density at radius 1 is 1.12 bits per heavy atom. The number of nitrogens with zero attached hydrogens (tertiary/aromatic N) is 3. The van der Waals surface area contributed by atoms with Crippen molar-refractivity contribution in [2.45, 2.75) is 26.2 Å². The molecule has 0 saturated carbocycles. The maximum atomic E-state index is 13.3. The molecule has 0 bridgehead atoms. The van der Waals surface area contributed by atoms with Gasteiger partial charge in [0.25, 0.3) is 0 Å². The molecule has 0 fully saturated rings. The van der Waals surface area contributed by atoms with E-state index in [1.54, 1.807) is 0 Å². The van der Waals surface area contributed by atoms with Gasteiger partial charge in [-0.15, -0.1) is 0 Å². The first kappa shape index (κ1) is 16.0. The molecule has 0 atom stereocenters. The Balaban J connectivity index is 2.19. The minimum absolute atomic E-state index is 0.123. The van der Waals surface area contributed by atoms with Gasteiger partial charge in [0.15, 0.2) is 5.43 Å². The predicted octanol–water partition coefficient (Wildman–Crippen LogP) is 3.67. The first-order chi connectivity index (χ1) is 12.0. The lowest BCUT2D eigenvalue weighted by Gasteiger charge is -2.13. The van der Waals surface area contributed by atoms with Gasteiger partial charge in [0.1, 0.15) is 5.82 Å². The highest BCUT2D eigenvalue weighted by atomic mass is 16.1. The molecule has 0 radical (unpaired) electrons. The van der Waals surface area contributed by atoms with Gasteiger partial charge in [-0.1, -0.05) is 32.0 Å². The van der Waals surface area contributed by atoms with Crippen LogP contribution in [0.25, 0.3) is 27.3 Å². The van der Waals surface area contributed by atoms with Crippen molar-refractivity contribution in [2.75, 3.05) is 20.6 Å². The van der Waals surface area contributed by atoms with Crippen LogP contribution >= 0.6 is 0 Å². The van der Waals surface area contributed by atoms with Gasteiger partial charge in [0.2, 0.25) is 0 Å². The van der Waals surface area contributed by atoms with E-state index in [-0.39, 0.29) is 11.3 Å². The fraction of sp³-hybridized carbons (Fsp3) is 0.333. The van der Waals surface area contributed by atoms with Gasteiger partial charge < -0.3 is 4.90 Å². The third kappa shape index (κ3) is 2.40. The zero-order chi connectivity index (χ0) is 17.7. The van der Waals surface area contributed by atoms with Crippen LogP contribution in [0.3, 0.4) is 0 Å². The molecule has 0 aliphatic heterocycles. The van der Waals surface area contributed by atoms with Crippen LogP contribution in [0.15, 0.2) is 41.2 Å². The second-order valence-corrected chi connectivity index (χ2v) is 7.33. The summed E-state index contributed by atoms with van der Waals surface area (Å²) in [5.41, 5.74) is 4.07. The Hall–Kier alpha value is -2.46. The van der Waals surface area contributed by atoms with E-state index in [1.165, 1.54) is 0 Å². The van der Waals surface area contributed by atoms with E-state index in [2.05, 4.69) is 49.4 Å². The van der Waals surface area contributed by atoms with E-state index in [9.17, 15) is 4.79 Å². The van der Waals surface area contributed by atoms with E-state index < -0.39 is 0 Å². The summed E-state index contributed by atoms with van der Waals surface area (Å²) in [6, 6.07) is 12.0. The number of aromatic nitrogens is 2. The minimum Gasteiger partial charge on any atom is -0.309 e. The first-order valence-electron chi connectivity index (χ1n) is 8.82. The van der Waals surface area contributed by atoms with Crippen molar-refractivity contribution in [2.24, 2.45) is 0 Å². The SMILES string of the molecule is CC(C)c1nc2ccc(CCN(C)C)c3c(=O)c4ccccc4n1c23. The van der Waals surface area contributed by atoms with Crippen LogP contribution in [0.5, 0.6) is 0 Å². The number of benzene rings is 2. The van der Waals surface area contributed by atoms with Crippen molar-refractivity contribution in [3.8, 4) is 0 Å². The summed E-state index contributed by atoms with van der Waals surface area (Å²) in [6.07, 6.45) is 0.856. The van der Waals surface area contributed by atoms with E-state index in [4.69, 9.17) is 4.98 Å². The van der Waals surface area contributed by atoms with Gasteiger partial charge in [0, 0.05) is 17.8 Å². The highest BCUT2D eigenvalue weighted by Crippen LogP contribution is 2.30. The van der Waals surface area contributed by atoms with Crippen LogP contribution in [-0.2, 0) is 6.42 Å². The van der Waals surface area contributed by atoms with Crippen LogP contribution in [0.4, 0.5) is 0 Å². The molecule has 2 heterocycles. The van der Waals surface area contributed by atoms with Gasteiger partial charge >= 0.3 is 0 Å². The van der Waals surface area contributed by atoms with Crippen molar-refractivity contribution in [3.63, 3.8) is 0 Å². The van der Waals surface area contributed by atoms with Gasteiger partial charge in [-0.3, -0.25) is 9.20 Å².